The molecule has 0 aromatic heterocycles. The van der Waals surface area contributed by atoms with E-state index in [1.165, 1.54) is 83.5 Å². The van der Waals surface area contributed by atoms with Gasteiger partial charge in [0.1, 0.15) is 6.10 Å². The van der Waals surface area contributed by atoms with Gasteiger partial charge in [-0.25, -0.2) is 0 Å². The maximum Gasteiger partial charge on any atom is 0.306 e. The Kier molecular flexibility index (Phi) is 33.2. The molecule has 0 aliphatic carbocycles. The molecule has 1 unspecified atom stereocenters. The van der Waals surface area contributed by atoms with Crippen molar-refractivity contribution in [3.63, 3.8) is 0 Å². The Morgan fingerprint density at radius 3 is 1.61 bits per heavy atom. The summed E-state index contributed by atoms with van der Waals surface area (Å²) in [5.41, 5.74) is 0. The number of carbonyl (C=O) groups is 1. The van der Waals surface area contributed by atoms with Crippen LogP contribution < -0.4 is 0 Å². The topological polar surface area (TPSA) is 55.8 Å². The Hall–Kier alpha value is -1.65. The molecule has 0 radical (unpaired) electrons. The van der Waals surface area contributed by atoms with E-state index in [1.54, 1.807) is 0 Å². The van der Waals surface area contributed by atoms with Gasteiger partial charge in [-0.15, -0.1) is 0 Å². The second-order valence-corrected chi connectivity index (χ2v) is 11.2. The van der Waals surface area contributed by atoms with Crippen molar-refractivity contribution in [2.75, 3.05) is 19.8 Å². The molecule has 0 fully saturated rings. The lowest BCUT2D eigenvalue weighted by atomic mass is 10.1. The summed E-state index contributed by atoms with van der Waals surface area (Å²) in [6, 6.07) is 0. The summed E-state index contributed by atoms with van der Waals surface area (Å²) >= 11 is 0. The van der Waals surface area contributed by atoms with Crippen molar-refractivity contribution in [1.29, 1.82) is 0 Å². The lowest BCUT2D eigenvalue weighted by molar-refractivity contribution is -0.154. The van der Waals surface area contributed by atoms with Gasteiger partial charge in [-0.3, -0.25) is 4.79 Å². The summed E-state index contributed by atoms with van der Waals surface area (Å²) in [7, 11) is 0. The van der Waals surface area contributed by atoms with Crippen LogP contribution >= 0.6 is 0 Å². The normalized spacial score (nSPS) is 13.0. The molecular weight excluding hydrogens is 508 g/mol. The highest BCUT2D eigenvalue weighted by molar-refractivity contribution is 5.69. The molecule has 238 valence electrons. The van der Waals surface area contributed by atoms with Crippen LogP contribution in [-0.2, 0) is 14.3 Å². The molecule has 0 rings (SSSR count). The molecule has 0 aliphatic rings. The first-order valence-corrected chi connectivity index (χ1v) is 17.2. The van der Waals surface area contributed by atoms with E-state index in [0.717, 1.165) is 51.4 Å². The zero-order chi connectivity index (χ0) is 29.9. The fourth-order valence-corrected chi connectivity index (χ4v) is 4.51. The van der Waals surface area contributed by atoms with Crippen molar-refractivity contribution < 1.29 is 19.4 Å². The lowest BCUT2D eigenvalue weighted by Crippen LogP contribution is -2.27. The second kappa shape index (κ2) is 34.6. The largest absolute Gasteiger partial charge is 0.457 e. The number of rotatable bonds is 31. The molecule has 0 spiro atoms. The van der Waals surface area contributed by atoms with Gasteiger partial charge in [-0.1, -0.05) is 127 Å². The average Bonchev–Trinajstić information content (AvgIpc) is 2.98. The third kappa shape index (κ3) is 32.7. The fourth-order valence-electron chi connectivity index (χ4n) is 4.51. The molecule has 1 atom stereocenters. The van der Waals surface area contributed by atoms with Crippen LogP contribution in [0.15, 0.2) is 48.6 Å². The molecule has 4 heteroatoms. The van der Waals surface area contributed by atoms with Gasteiger partial charge in [0.05, 0.1) is 13.2 Å². The van der Waals surface area contributed by atoms with Gasteiger partial charge in [0.15, 0.2) is 0 Å². The highest BCUT2D eigenvalue weighted by Gasteiger charge is 2.13. The van der Waals surface area contributed by atoms with Crippen LogP contribution in [0.3, 0.4) is 0 Å². The number of aliphatic hydroxyl groups is 1. The van der Waals surface area contributed by atoms with E-state index in [1.807, 2.05) is 0 Å². The Labute approximate surface area is 254 Å². The van der Waals surface area contributed by atoms with Crippen LogP contribution in [0.25, 0.3) is 0 Å². The molecule has 0 amide bonds. The zero-order valence-corrected chi connectivity index (χ0v) is 27.0. The Morgan fingerprint density at radius 1 is 0.585 bits per heavy atom. The maximum absolute atomic E-state index is 12.1. The van der Waals surface area contributed by atoms with Crippen molar-refractivity contribution >= 4 is 5.97 Å². The minimum absolute atomic E-state index is 0.183. The van der Waals surface area contributed by atoms with E-state index in [9.17, 15) is 9.90 Å². The van der Waals surface area contributed by atoms with Crippen molar-refractivity contribution in [3.8, 4) is 0 Å². The highest BCUT2D eigenvalue weighted by Crippen LogP contribution is 2.11. The van der Waals surface area contributed by atoms with E-state index in [4.69, 9.17) is 9.47 Å². The van der Waals surface area contributed by atoms with Crippen LogP contribution in [0.1, 0.15) is 155 Å². The number of unbranched alkanes of at least 4 members (excludes halogenated alkanes) is 15. The smallest absolute Gasteiger partial charge is 0.306 e. The third-order valence-corrected chi connectivity index (χ3v) is 7.11. The fraction of sp³-hybridized carbons (Fsp3) is 0.757. The second-order valence-electron chi connectivity index (χ2n) is 11.2. The van der Waals surface area contributed by atoms with E-state index in [-0.39, 0.29) is 19.2 Å². The minimum atomic E-state index is -0.546. The van der Waals surface area contributed by atoms with Crippen LogP contribution in [0.4, 0.5) is 0 Å². The zero-order valence-electron chi connectivity index (χ0n) is 27.0. The van der Waals surface area contributed by atoms with E-state index >= 15 is 0 Å². The van der Waals surface area contributed by atoms with Crippen LogP contribution in [0, 0.1) is 0 Å². The quantitative estimate of drug-likeness (QED) is 0.0508. The molecule has 41 heavy (non-hydrogen) atoms. The molecule has 0 saturated heterocycles. The van der Waals surface area contributed by atoms with Gasteiger partial charge < -0.3 is 14.6 Å². The van der Waals surface area contributed by atoms with Gasteiger partial charge in [-0.05, 0) is 70.6 Å². The summed E-state index contributed by atoms with van der Waals surface area (Å²) < 4.78 is 11.1. The standard InChI is InChI=1S/C37H66O4/c1-3-5-7-9-11-13-15-17-18-19-21-23-25-27-29-31-33-40-35-36(34-38)41-37(39)32-30-28-26-24-22-20-16-14-12-10-8-6-4-2/h8,10-11,13-14,16-18,36,38H,3-7,9,12,15,19-35H2,1-2H3/b10-8-,13-11-,16-14-,18-17-. The van der Waals surface area contributed by atoms with Gasteiger partial charge in [-0.2, -0.15) is 0 Å². The molecule has 0 bridgehead atoms. The summed E-state index contributed by atoms with van der Waals surface area (Å²) in [5.74, 6) is -0.222. The van der Waals surface area contributed by atoms with Crippen LogP contribution in [0.5, 0.6) is 0 Å². The van der Waals surface area contributed by atoms with Gasteiger partial charge in [0.25, 0.3) is 0 Å². The molecule has 0 aliphatic heterocycles. The number of allylic oxidation sites excluding steroid dienone is 8. The van der Waals surface area contributed by atoms with E-state index in [0.29, 0.717) is 13.0 Å². The van der Waals surface area contributed by atoms with Crippen LogP contribution in [0.2, 0.25) is 0 Å². The van der Waals surface area contributed by atoms with Crippen molar-refractivity contribution in [1.82, 2.24) is 0 Å². The summed E-state index contributed by atoms with van der Waals surface area (Å²) in [6.07, 6.45) is 42.8. The number of aliphatic hydroxyl groups excluding tert-OH is 1. The molecule has 1 N–H and O–H groups in total. The first kappa shape index (κ1) is 39.4. The predicted octanol–water partition coefficient (Wildman–Crippen LogP) is 10.8. The molecule has 0 aromatic carbocycles. The Morgan fingerprint density at radius 2 is 1.07 bits per heavy atom. The first-order valence-electron chi connectivity index (χ1n) is 17.2. The lowest BCUT2D eigenvalue weighted by Gasteiger charge is -2.15. The minimum Gasteiger partial charge on any atom is -0.457 e. The number of esters is 1. The average molecular weight is 575 g/mol. The van der Waals surface area contributed by atoms with Crippen molar-refractivity contribution in [3.05, 3.63) is 48.6 Å². The molecule has 0 heterocycles. The molecular formula is C37H66O4. The van der Waals surface area contributed by atoms with Gasteiger partial charge in [0.2, 0.25) is 0 Å². The highest BCUT2D eigenvalue weighted by atomic mass is 16.6. The number of carbonyl (C=O) groups excluding carboxylic acids is 1. The number of hydrogen-bond acceptors (Lipinski definition) is 4. The van der Waals surface area contributed by atoms with Gasteiger partial charge >= 0.3 is 5.97 Å². The Balaban J connectivity index is 3.50. The molecule has 4 nitrogen and oxygen atoms in total. The van der Waals surface area contributed by atoms with Crippen LogP contribution in [-0.4, -0.2) is 37.0 Å². The monoisotopic (exact) mass is 574 g/mol. The first-order chi connectivity index (χ1) is 20.2. The summed E-state index contributed by atoms with van der Waals surface area (Å²) in [5, 5.41) is 9.53. The van der Waals surface area contributed by atoms with Crippen molar-refractivity contribution in [2.24, 2.45) is 0 Å². The van der Waals surface area contributed by atoms with Gasteiger partial charge in [0, 0.05) is 13.0 Å². The van der Waals surface area contributed by atoms with Crippen molar-refractivity contribution in [2.45, 2.75) is 161 Å². The number of ether oxygens (including phenoxy) is 2. The predicted molar refractivity (Wildman–Crippen MR) is 177 cm³/mol. The summed E-state index contributed by atoms with van der Waals surface area (Å²) in [6.45, 7) is 5.21. The third-order valence-electron chi connectivity index (χ3n) is 7.11. The Bertz CT molecular complexity index is 649. The van der Waals surface area contributed by atoms with E-state index < -0.39 is 6.10 Å². The SMILES string of the molecule is CCC/C=C\C/C=C\CCCCCCCC(=O)OC(CO)COCCCCCCCC/C=C\C/C=C\CCCCC. The maximum atomic E-state index is 12.1. The molecule has 0 saturated carbocycles. The number of hydrogen-bond donors (Lipinski definition) is 1. The van der Waals surface area contributed by atoms with E-state index in [2.05, 4.69) is 62.5 Å². The summed E-state index contributed by atoms with van der Waals surface area (Å²) in [4.78, 5) is 12.1. The molecule has 0 aromatic rings.